The lowest BCUT2D eigenvalue weighted by molar-refractivity contribution is -0.118. The molecule has 0 aromatic rings. The van der Waals surface area contributed by atoms with Crippen LogP contribution in [0, 0.1) is 5.92 Å². The fourth-order valence-corrected chi connectivity index (χ4v) is 1.40. The van der Waals surface area contributed by atoms with E-state index in [2.05, 4.69) is 11.9 Å². The molecule has 4 heteroatoms. The Labute approximate surface area is 110 Å². The van der Waals surface area contributed by atoms with Gasteiger partial charge in [-0.15, -0.1) is 0 Å². The van der Waals surface area contributed by atoms with E-state index in [1.54, 1.807) is 27.7 Å². The van der Waals surface area contributed by atoms with Crippen molar-refractivity contribution in [3.63, 3.8) is 0 Å². The second kappa shape index (κ2) is 6.57. The van der Waals surface area contributed by atoms with Crippen molar-refractivity contribution in [2.45, 2.75) is 59.6 Å². The summed E-state index contributed by atoms with van der Waals surface area (Å²) in [4.78, 5) is 23.7. The first kappa shape index (κ1) is 16.7. The van der Waals surface area contributed by atoms with Gasteiger partial charge in [-0.25, -0.2) is 4.79 Å². The summed E-state index contributed by atoms with van der Waals surface area (Å²) in [5.41, 5.74) is -0.132. The van der Waals surface area contributed by atoms with Crippen molar-refractivity contribution < 1.29 is 14.3 Å². The van der Waals surface area contributed by atoms with E-state index >= 15 is 0 Å². The molecule has 1 N–H and O–H groups in total. The molecular weight excluding hydrogens is 230 g/mol. The van der Waals surface area contributed by atoms with E-state index in [0.29, 0.717) is 5.57 Å². The molecule has 0 fully saturated rings. The van der Waals surface area contributed by atoms with Crippen LogP contribution in [0.3, 0.4) is 0 Å². The number of nitrogens with one attached hydrogen (secondary N) is 1. The molecule has 2 atom stereocenters. The Kier molecular flexibility index (Phi) is 6.09. The van der Waals surface area contributed by atoms with E-state index < -0.39 is 17.7 Å². The Hall–Kier alpha value is -1.32. The summed E-state index contributed by atoms with van der Waals surface area (Å²) in [6.45, 7) is 14.5. The molecule has 0 radical (unpaired) electrons. The van der Waals surface area contributed by atoms with Gasteiger partial charge >= 0.3 is 6.09 Å². The number of ether oxygens (including phenoxy) is 1. The first-order valence-corrected chi connectivity index (χ1v) is 6.27. The van der Waals surface area contributed by atoms with Crippen LogP contribution in [0.25, 0.3) is 0 Å². The summed E-state index contributed by atoms with van der Waals surface area (Å²) in [6, 6.07) is -0.567. The summed E-state index contributed by atoms with van der Waals surface area (Å²) in [5.74, 6) is -0.100. The summed E-state index contributed by atoms with van der Waals surface area (Å²) >= 11 is 0. The Morgan fingerprint density at radius 1 is 1.33 bits per heavy atom. The number of carbonyl (C=O) groups excluding carboxylic acids is 2. The lowest BCUT2D eigenvalue weighted by atomic mass is 9.93. The third-order valence-corrected chi connectivity index (χ3v) is 2.59. The number of hydrogen-bond donors (Lipinski definition) is 1. The predicted molar refractivity (Wildman–Crippen MR) is 72.4 cm³/mol. The number of amides is 1. The zero-order valence-corrected chi connectivity index (χ0v) is 12.3. The Balaban J connectivity index is 4.76. The third kappa shape index (κ3) is 5.84. The maximum Gasteiger partial charge on any atom is 0.408 e. The van der Waals surface area contributed by atoms with E-state index in [1.807, 2.05) is 13.8 Å². The van der Waals surface area contributed by atoms with Crippen molar-refractivity contribution in [2.75, 3.05) is 0 Å². The highest BCUT2D eigenvalue weighted by molar-refractivity contribution is 6.00. The molecule has 0 rings (SSSR count). The van der Waals surface area contributed by atoms with Crippen LogP contribution in [-0.4, -0.2) is 23.5 Å². The molecule has 0 aromatic heterocycles. The topological polar surface area (TPSA) is 55.4 Å². The lowest BCUT2D eigenvalue weighted by Crippen LogP contribution is -2.47. The maximum atomic E-state index is 12.0. The lowest BCUT2D eigenvalue weighted by Gasteiger charge is -2.26. The molecule has 4 nitrogen and oxygen atoms in total. The van der Waals surface area contributed by atoms with E-state index in [-0.39, 0.29) is 11.7 Å². The fraction of sp³-hybridized carbons (Fsp3) is 0.714. The van der Waals surface area contributed by atoms with Crippen molar-refractivity contribution in [3.8, 4) is 0 Å². The Bertz CT molecular complexity index is 328. The summed E-state index contributed by atoms with van der Waals surface area (Å²) in [6.07, 6.45) is 0.224. The first-order chi connectivity index (χ1) is 8.08. The molecular formula is C14H25NO3. The van der Waals surface area contributed by atoms with Gasteiger partial charge in [-0.3, -0.25) is 4.79 Å². The van der Waals surface area contributed by atoms with Crippen LogP contribution in [0.5, 0.6) is 0 Å². The molecule has 0 aliphatic heterocycles. The van der Waals surface area contributed by atoms with Gasteiger partial charge in [0.15, 0.2) is 5.78 Å². The number of rotatable bonds is 5. The van der Waals surface area contributed by atoms with Crippen molar-refractivity contribution >= 4 is 11.9 Å². The number of hydrogen-bond acceptors (Lipinski definition) is 3. The molecule has 0 saturated heterocycles. The highest BCUT2D eigenvalue weighted by Crippen LogP contribution is 2.14. The van der Waals surface area contributed by atoms with Crippen LogP contribution < -0.4 is 5.32 Å². The van der Waals surface area contributed by atoms with Crippen LogP contribution in [0.2, 0.25) is 0 Å². The zero-order valence-electron chi connectivity index (χ0n) is 12.3. The van der Waals surface area contributed by atoms with Gasteiger partial charge in [0.2, 0.25) is 0 Å². The highest BCUT2D eigenvalue weighted by Gasteiger charge is 2.28. The van der Waals surface area contributed by atoms with Crippen LogP contribution in [0.1, 0.15) is 48.0 Å². The van der Waals surface area contributed by atoms with Crippen molar-refractivity contribution in [1.82, 2.24) is 5.32 Å². The maximum absolute atomic E-state index is 12.0. The van der Waals surface area contributed by atoms with Crippen LogP contribution in [-0.2, 0) is 9.53 Å². The van der Waals surface area contributed by atoms with Crippen molar-refractivity contribution in [1.29, 1.82) is 0 Å². The second-order valence-electron chi connectivity index (χ2n) is 5.65. The zero-order chi connectivity index (χ0) is 14.5. The van der Waals surface area contributed by atoms with Gasteiger partial charge in [-0.1, -0.05) is 26.8 Å². The molecule has 0 aliphatic rings. The SMILES string of the molecule is C=C(C)C(=O)[C@@H](NC(=O)OC(C)(C)C)[C@@H](C)CC. The summed E-state index contributed by atoms with van der Waals surface area (Å²) in [5, 5.41) is 2.63. The fourth-order valence-electron chi connectivity index (χ4n) is 1.40. The van der Waals surface area contributed by atoms with E-state index in [0.717, 1.165) is 6.42 Å². The van der Waals surface area contributed by atoms with E-state index in [9.17, 15) is 9.59 Å². The first-order valence-electron chi connectivity index (χ1n) is 6.27. The number of carbonyl (C=O) groups is 2. The molecule has 104 valence electrons. The largest absolute Gasteiger partial charge is 0.444 e. The standard InChI is InChI=1S/C14H25NO3/c1-8-10(4)11(12(16)9(2)3)15-13(17)18-14(5,6)7/h10-11H,2,8H2,1,3-7H3,(H,15,17)/t10-,11-/m0/s1. The van der Waals surface area contributed by atoms with E-state index in [4.69, 9.17) is 4.74 Å². The third-order valence-electron chi connectivity index (χ3n) is 2.59. The Morgan fingerprint density at radius 3 is 2.17 bits per heavy atom. The molecule has 0 bridgehead atoms. The minimum Gasteiger partial charge on any atom is -0.444 e. The van der Waals surface area contributed by atoms with Gasteiger partial charge in [-0.05, 0) is 39.2 Å². The highest BCUT2D eigenvalue weighted by atomic mass is 16.6. The van der Waals surface area contributed by atoms with Gasteiger partial charge in [0.25, 0.3) is 0 Å². The summed E-state index contributed by atoms with van der Waals surface area (Å²) < 4.78 is 5.16. The molecule has 0 aromatic carbocycles. The Morgan fingerprint density at radius 2 is 1.83 bits per heavy atom. The second-order valence-corrected chi connectivity index (χ2v) is 5.65. The van der Waals surface area contributed by atoms with Crippen LogP contribution >= 0.6 is 0 Å². The van der Waals surface area contributed by atoms with Gasteiger partial charge < -0.3 is 10.1 Å². The monoisotopic (exact) mass is 255 g/mol. The summed E-state index contributed by atoms with van der Waals surface area (Å²) in [7, 11) is 0. The number of ketones is 1. The molecule has 1 amide bonds. The predicted octanol–water partition coefficient (Wildman–Crippen LogP) is 3.07. The average Bonchev–Trinajstić information content (AvgIpc) is 2.21. The van der Waals surface area contributed by atoms with Crippen LogP contribution in [0.15, 0.2) is 12.2 Å². The van der Waals surface area contributed by atoms with Crippen molar-refractivity contribution in [2.24, 2.45) is 5.92 Å². The number of alkyl carbamates (subject to hydrolysis) is 1. The average molecular weight is 255 g/mol. The number of Topliss-reactive ketones (excluding diaryl/α,β-unsaturated/α-hetero) is 1. The van der Waals surface area contributed by atoms with Gasteiger partial charge in [0.1, 0.15) is 5.60 Å². The normalized spacial score (nSPS) is 14.6. The van der Waals surface area contributed by atoms with Gasteiger partial charge in [-0.2, -0.15) is 0 Å². The smallest absolute Gasteiger partial charge is 0.408 e. The van der Waals surface area contributed by atoms with Gasteiger partial charge in [0, 0.05) is 0 Å². The van der Waals surface area contributed by atoms with E-state index in [1.165, 1.54) is 0 Å². The molecule has 0 saturated carbocycles. The molecule has 0 unspecified atom stereocenters. The van der Waals surface area contributed by atoms with Crippen molar-refractivity contribution in [3.05, 3.63) is 12.2 Å². The van der Waals surface area contributed by atoms with Gasteiger partial charge in [0.05, 0.1) is 6.04 Å². The minimum absolute atomic E-state index is 0.0433. The molecule has 18 heavy (non-hydrogen) atoms. The molecule has 0 spiro atoms. The molecule has 0 heterocycles. The minimum atomic E-state index is -0.573. The van der Waals surface area contributed by atoms with Crippen LogP contribution in [0.4, 0.5) is 4.79 Å². The molecule has 0 aliphatic carbocycles. The quantitative estimate of drug-likeness (QED) is 0.768.